The van der Waals surface area contributed by atoms with Crippen molar-refractivity contribution in [2.24, 2.45) is 0 Å². The Hall–Kier alpha value is -2.02. The number of aliphatic hydroxyl groups excluding tert-OH is 1. The molecule has 0 spiro atoms. The molecule has 0 radical (unpaired) electrons. The van der Waals surface area contributed by atoms with E-state index in [1.807, 2.05) is 30.3 Å². The first-order valence-electron chi connectivity index (χ1n) is 5.87. The quantitative estimate of drug-likeness (QED) is 0.897. The van der Waals surface area contributed by atoms with Gasteiger partial charge in [0.25, 0.3) is 0 Å². The first-order valence-corrected chi connectivity index (χ1v) is 6.25. The maximum absolute atomic E-state index is 10.0. The van der Waals surface area contributed by atoms with Gasteiger partial charge in [-0.2, -0.15) is 5.26 Å². The zero-order valence-electron chi connectivity index (χ0n) is 10.2. The van der Waals surface area contributed by atoms with Crippen LogP contribution in [0.2, 0.25) is 5.02 Å². The molecular formula is C15H13ClN2O. The van der Waals surface area contributed by atoms with Gasteiger partial charge < -0.3 is 10.4 Å². The van der Waals surface area contributed by atoms with Crippen LogP contribution in [-0.4, -0.2) is 11.7 Å². The van der Waals surface area contributed by atoms with E-state index in [9.17, 15) is 5.11 Å². The second-order valence-corrected chi connectivity index (χ2v) is 4.52. The van der Waals surface area contributed by atoms with E-state index in [0.29, 0.717) is 22.8 Å². The molecule has 0 saturated carbocycles. The number of nitrogens with one attached hydrogen (secondary N) is 1. The zero-order chi connectivity index (χ0) is 13.7. The summed E-state index contributed by atoms with van der Waals surface area (Å²) in [6.45, 7) is 0.332. The number of nitriles is 1. The summed E-state index contributed by atoms with van der Waals surface area (Å²) in [5, 5.41) is 22.4. The molecule has 0 aliphatic carbocycles. The summed E-state index contributed by atoms with van der Waals surface area (Å²) in [5.41, 5.74) is 2.01. The predicted molar refractivity (Wildman–Crippen MR) is 76.1 cm³/mol. The summed E-state index contributed by atoms with van der Waals surface area (Å²) in [7, 11) is 0. The number of hydrogen-bond acceptors (Lipinski definition) is 3. The molecule has 1 unspecified atom stereocenters. The largest absolute Gasteiger partial charge is 0.387 e. The van der Waals surface area contributed by atoms with E-state index in [-0.39, 0.29) is 0 Å². The van der Waals surface area contributed by atoms with Crippen LogP contribution in [0, 0.1) is 11.3 Å². The summed E-state index contributed by atoms with van der Waals surface area (Å²) in [6, 6.07) is 16.4. The van der Waals surface area contributed by atoms with Gasteiger partial charge in [0.15, 0.2) is 0 Å². The lowest BCUT2D eigenvalue weighted by Gasteiger charge is -2.14. The van der Waals surface area contributed by atoms with E-state index in [0.717, 1.165) is 5.56 Å². The molecule has 0 aliphatic heterocycles. The van der Waals surface area contributed by atoms with Crippen LogP contribution < -0.4 is 5.32 Å². The molecule has 2 aromatic carbocycles. The van der Waals surface area contributed by atoms with Crippen LogP contribution in [0.25, 0.3) is 0 Å². The molecule has 0 bridgehead atoms. The second kappa shape index (κ2) is 6.24. The minimum absolute atomic E-state index is 0.332. The average Bonchev–Trinajstić information content (AvgIpc) is 2.47. The van der Waals surface area contributed by atoms with E-state index in [2.05, 4.69) is 11.4 Å². The highest BCUT2D eigenvalue weighted by Gasteiger charge is 2.08. The number of hydrogen-bond donors (Lipinski definition) is 2. The Bertz CT molecular complexity index is 593. The Labute approximate surface area is 117 Å². The van der Waals surface area contributed by atoms with E-state index < -0.39 is 6.10 Å². The molecule has 2 aromatic rings. The Kier molecular flexibility index (Phi) is 4.40. The maximum atomic E-state index is 10.0. The molecule has 3 nitrogen and oxygen atoms in total. The Morgan fingerprint density at radius 3 is 2.63 bits per heavy atom. The Morgan fingerprint density at radius 1 is 1.21 bits per heavy atom. The van der Waals surface area contributed by atoms with Crippen molar-refractivity contribution in [1.29, 1.82) is 5.26 Å². The van der Waals surface area contributed by atoms with Gasteiger partial charge in [-0.3, -0.25) is 0 Å². The van der Waals surface area contributed by atoms with Crippen LogP contribution in [0.4, 0.5) is 5.69 Å². The zero-order valence-corrected chi connectivity index (χ0v) is 10.9. The highest BCUT2D eigenvalue weighted by Crippen LogP contribution is 2.23. The molecule has 19 heavy (non-hydrogen) atoms. The van der Waals surface area contributed by atoms with Crippen LogP contribution in [0.3, 0.4) is 0 Å². The van der Waals surface area contributed by atoms with Crippen molar-refractivity contribution < 1.29 is 5.11 Å². The number of benzene rings is 2. The fourth-order valence-corrected chi connectivity index (χ4v) is 1.91. The summed E-state index contributed by atoms with van der Waals surface area (Å²) in [4.78, 5) is 0. The van der Waals surface area contributed by atoms with Crippen molar-refractivity contribution in [1.82, 2.24) is 0 Å². The van der Waals surface area contributed by atoms with Gasteiger partial charge in [-0.25, -0.2) is 0 Å². The summed E-state index contributed by atoms with van der Waals surface area (Å²) in [6.07, 6.45) is -0.622. The smallest absolute Gasteiger partial charge is 0.0992 e. The van der Waals surface area contributed by atoms with Gasteiger partial charge in [0, 0.05) is 6.54 Å². The Balaban J connectivity index is 2.05. The van der Waals surface area contributed by atoms with Crippen LogP contribution >= 0.6 is 11.6 Å². The number of rotatable bonds is 4. The minimum Gasteiger partial charge on any atom is -0.387 e. The highest BCUT2D eigenvalue weighted by atomic mass is 35.5. The third kappa shape index (κ3) is 3.47. The van der Waals surface area contributed by atoms with Crippen LogP contribution in [0.15, 0.2) is 48.5 Å². The second-order valence-electron chi connectivity index (χ2n) is 4.11. The lowest BCUT2D eigenvalue weighted by Crippen LogP contribution is -2.12. The van der Waals surface area contributed by atoms with Crippen molar-refractivity contribution in [3.05, 3.63) is 64.7 Å². The van der Waals surface area contributed by atoms with Gasteiger partial charge >= 0.3 is 0 Å². The van der Waals surface area contributed by atoms with Crippen molar-refractivity contribution in [3.8, 4) is 6.07 Å². The molecule has 1 atom stereocenters. The molecule has 0 aliphatic rings. The summed E-state index contributed by atoms with van der Waals surface area (Å²) in [5.74, 6) is 0. The van der Waals surface area contributed by atoms with Gasteiger partial charge in [-0.05, 0) is 23.8 Å². The third-order valence-corrected chi connectivity index (χ3v) is 3.10. The topological polar surface area (TPSA) is 56.0 Å². The van der Waals surface area contributed by atoms with Crippen molar-refractivity contribution in [2.45, 2.75) is 6.10 Å². The number of halogens is 1. The van der Waals surface area contributed by atoms with Gasteiger partial charge in [0.2, 0.25) is 0 Å². The third-order valence-electron chi connectivity index (χ3n) is 2.77. The van der Waals surface area contributed by atoms with E-state index in [1.165, 1.54) is 0 Å². The van der Waals surface area contributed by atoms with Crippen molar-refractivity contribution in [3.63, 3.8) is 0 Å². The summed E-state index contributed by atoms with van der Waals surface area (Å²) < 4.78 is 0. The standard InChI is InChI=1S/C15H13ClN2O/c16-13-7-6-11(9-17)8-14(13)18-10-15(19)12-4-2-1-3-5-12/h1-8,15,18-19H,10H2. The first kappa shape index (κ1) is 13.4. The molecule has 0 amide bonds. The highest BCUT2D eigenvalue weighted by molar-refractivity contribution is 6.33. The lowest BCUT2D eigenvalue weighted by atomic mass is 10.1. The van der Waals surface area contributed by atoms with Gasteiger partial charge in [-0.1, -0.05) is 41.9 Å². The monoisotopic (exact) mass is 272 g/mol. The molecule has 0 aromatic heterocycles. The lowest BCUT2D eigenvalue weighted by molar-refractivity contribution is 0.191. The average molecular weight is 273 g/mol. The van der Waals surface area contributed by atoms with E-state index in [4.69, 9.17) is 16.9 Å². The molecule has 0 fully saturated rings. The minimum atomic E-state index is -0.622. The number of aliphatic hydroxyl groups is 1. The Morgan fingerprint density at radius 2 is 1.95 bits per heavy atom. The molecule has 2 N–H and O–H groups in total. The first-order chi connectivity index (χ1) is 9.20. The van der Waals surface area contributed by atoms with Gasteiger partial charge in [0.05, 0.1) is 28.4 Å². The van der Waals surface area contributed by atoms with Crippen LogP contribution in [0.5, 0.6) is 0 Å². The van der Waals surface area contributed by atoms with Crippen molar-refractivity contribution >= 4 is 17.3 Å². The van der Waals surface area contributed by atoms with Crippen LogP contribution in [-0.2, 0) is 0 Å². The summed E-state index contributed by atoms with van der Waals surface area (Å²) >= 11 is 6.03. The molecule has 0 saturated heterocycles. The maximum Gasteiger partial charge on any atom is 0.0992 e. The fourth-order valence-electron chi connectivity index (χ4n) is 1.73. The molecule has 96 valence electrons. The fraction of sp³-hybridized carbons (Fsp3) is 0.133. The normalized spacial score (nSPS) is 11.6. The number of anilines is 1. The number of nitrogens with zero attached hydrogens (tertiary/aromatic N) is 1. The van der Waals surface area contributed by atoms with Crippen LogP contribution in [0.1, 0.15) is 17.2 Å². The predicted octanol–water partition coefficient (Wildman–Crippen LogP) is 3.36. The van der Waals surface area contributed by atoms with E-state index in [1.54, 1.807) is 18.2 Å². The molecule has 4 heteroatoms. The molecular weight excluding hydrogens is 260 g/mol. The molecule has 0 heterocycles. The van der Waals surface area contributed by atoms with Gasteiger partial charge in [0.1, 0.15) is 0 Å². The SMILES string of the molecule is N#Cc1ccc(Cl)c(NCC(O)c2ccccc2)c1. The van der Waals surface area contributed by atoms with E-state index >= 15 is 0 Å². The molecule has 2 rings (SSSR count). The van der Waals surface area contributed by atoms with Crippen molar-refractivity contribution in [2.75, 3.05) is 11.9 Å². The van der Waals surface area contributed by atoms with Gasteiger partial charge in [-0.15, -0.1) is 0 Å².